The normalized spacial score (nSPS) is 17.8. The molecule has 0 amide bonds. The second-order valence-electron chi connectivity index (χ2n) is 6.12. The fraction of sp³-hybridized carbons (Fsp3) is 0.368. The summed E-state index contributed by atoms with van der Waals surface area (Å²) in [6.45, 7) is 4.33. The van der Waals surface area contributed by atoms with Crippen LogP contribution in [0.1, 0.15) is 35.1 Å². The van der Waals surface area contributed by atoms with Gasteiger partial charge in [0.1, 0.15) is 0 Å². The van der Waals surface area contributed by atoms with Gasteiger partial charge in [-0.1, -0.05) is 54.1 Å². The highest BCUT2D eigenvalue weighted by Crippen LogP contribution is 2.53. The van der Waals surface area contributed by atoms with Gasteiger partial charge in [0.15, 0.2) is 0 Å². The van der Waals surface area contributed by atoms with Gasteiger partial charge < -0.3 is 0 Å². The second kappa shape index (κ2) is 5.26. The SMILES string of the molecule is Cc1ccc(C)c(CC(Cl)C2(c3ccccc3)CC2)c1. The molecule has 1 atom stereocenters. The van der Waals surface area contributed by atoms with E-state index in [-0.39, 0.29) is 10.8 Å². The lowest BCUT2D eigenvalue weighted by atomic mass is 9.87. The van der Waals surface area contributed by atoms with E-state index in [0.717, 1.165) is 6.42 Å². The van der Waals surface area contributed by atoms with E-state index in [1.807, 2.05) is 0 Å². The molecule has 1 aliphatic rings. The number of rotatable bonds is 4. The predicted molar refractivity (Wildman–Crippen MR) is 86.6 cm³/mol. The molecule has 1 aliphatic carbocycles. The van der Waals surface area contributed by atoms with Crippen molar-refractivity contribution in [3.05, 3.63) is 70.8 Å². The maximum Gasteiger partial charge on any atom is 0.0473 e. The van der Waals surface area contributed by atoms with Gasteiger partial charge in [0, 0.05) is 10.8 Å². The first-order valence-electron chi connectivity index (χ1n) is 7.37. The zero-order valence-electron chi connectivity index (χ0n) is 12.2. The number of aryl methyl sites for hydroxylation is 2. The monoisotopic (exact) mass is 284 g/mol. The van der Waals surface area contributed by atoms with Gasteiger partial charge in [0.05, 0.1) is 0 Å². The van der Waals surface area contributed by atoms with Gasteiger partial charge in [-0.15, -0.1) is 11.6 Å². The van der Waals surface area contributed by atoms with E-state index in [4.69, 9.17) is 11.6 Å². The minimum atomic E-state index is 0.186. The lowest BCUT2D eigenvalue weighted by Gasteiger charge is -2.23. The molecule has 3 rings (SSSR count). The van der Waals surface area contributed by atoms with E-state index < -0.39 is 0 Å². The van der Waals surface area contributed by atoms with Crippen molar-refractivity contribution >= 4 is 11.6 Å². The quantitative estimate of drug-likeness (QED) is 0.678. The van der Waals surface area contributed by atoms with Crippen LogP contribution in [0.25, 0.3) is 0 Å². The lowest BCUT2D eigenvalue weighted by Crippen LogP contribution is -2.23. The molecule has 0 N–H and O–H groups in total. The summed E-state index contributed by atoms with van der Waals surface area (Å²) in [5.41, 5.74) is 5.68. The number of hydrogen-bond acceptors (Lipinski definition) is 0. The Bertz CT molecular complexity index is 596. The summed E-state index contributed by atoms with van der Waals surface area (Å²) in [7, 11) is 0. The summed E-state index contributed by atoms with van der Waals surface area (Å²) in [5, 5.41) is 0.186. The van der Waals surface area contributed by atoms with Crippen molar-refractivity contribution in [1.29, 1.82) is 0 Å². The summed E-state index contributed by atoms with van der Waals surface area (Å²) in [6.07, 6.45) is 3.40. The van der Waals surface area contributed by atoms with Crippen molar-refractivity contribution in [1.82, 2.24) is 0 Å². The van der Waals surface area contributed by atoms with Gasteiger partial charge in [0.2, 0.25) is 0 Å². The fourth-order valence-electron chi connectivity index (χ4n) is 3.10. The highest BCUT2D eigenvalue weighted by atomic mass is 35.5. The Labute approximate surface area is 126 Å². The van der Waals surface area contributed by atoms with Crippen LogP contribution in [0.3, 0.4) is 0 Å². The van der Waals surface area contributed by atoms with Crippen LogP contribution in [0.5, 0.6) is 0 Å². The Hall–Kier alpha value is -1.27. The topological polar surface area (TPSA) is 0 Å². The lowest BCUT2D eigenvalue weighted by molar-refractivity contribution is 0.627. The van der Waals surface area contributed by atoms with E-state index in [0.29, 0.717) is 0 Å². The van der Waals surface area contributed by atoms with Gasteiger partial charge in [-0.3, -0.25) is 0 Å². The Balaban J connectivity index is 1.83. The predicted octanol–water partition coefficient (Wildman–Crippen LogP) is 5.19. The first-order chi connectivity index (χ1) is 9.62. The molecule has 20 heavy (non-hydrogen) atoms. The first-order valence-corrected chi connectivity index (χ1v) is 7.81. The molecule has 0 bridgehead atoms. The Kier molecular flexibility index (Phi) is 3.60. The third kappa shape index (κ3) is 2.50. The molecular weight excluding hydrogens is 264 g/mol. The molecule has 0 heterocycles. The third-order valence-electron chi connectivity index (χ3n) is 4.64. The number of hydrogen-bond donors (Lipinski definition) is 0. The summed E-state index contributed by atoms with van der Waals surface area (Å²) in [6, 6.07) is 17.4. The first kappa shape index (κ1) is 13.7. The molecule has 1 unspecified atom stereocenters. The molecule has 0 aromatic heterocycles. The van der Waals surface area contributed by atoms with Crippen LogP contribution in [0.2, 0.25) is 0 Å². The molecule has 1 fully saturated rings. The molecule has 0 spiro atoms. The van der Waals surface area contributed by atoms with Gasteiger partial charge in [-0.25, -0.2) is 0 Å². The van der Waals surface area contributed by atoms with Crippen LogP contribution in [-0.4, -0.2) is 5.38 Å². The van der Waals surface area contributed by atoms with E-state index in [1.54, 1.807) is 0 Å². The highest BCUT2D eigenvalue weighted by molar-refractivity contribution is 6.22. The minimum Gasteiger partial charge on any atom is -0.122 e. The fourth-order valence-corrected chi connectivity index (χ4v) is 3.61. The van der Waals surface area contributed by atoms with Gasteiger partial charge >= 0.3 is 0 Å². The van der Waals surface area contributed by atoms with E-state index in [1.165, 1.54) is 35.1 Å². The Morgan fingerprint density at radius 2 is 1.75 bits per heavy atom. The molecule has 2 aromatic carbocycles. The van der Waals surface area contributed by atoms with Crippen LogP contribution < -0.4 is 0 Å². The minimum absolute atomic E-state index is 0.186. The van der Waals surface area contributed by atoms with Crippen LogP contribution in [0, 0.1) is 13.8 Å². The molecule has 0 nitrogen and oxygen atoms in total. The highest BCUT2D eigenvalue weighted by Gasteiger charge is 2.49. The smallest absolute Gasteiger partial charge is 0.0473 e. The second-order valence-corrected chi connectivity index (χ2v) is 6.65. The summed E-state index contributed by atoms with van der Waals surface area (Å²) in [5.74, 6) is 0. The molecule has 2 aromatic rings. The standard InChI is InChI=1S/C19H21Cl/c1-14-8-9-15(2)16(12-14)13-18(20)19(10-11-19)17-6-4-3-5-7-17/h3-9,12,18H,10-11,13H2,1-2H3. The largest absolute Gasteiger partial charge is 0.122 e. The zero-order chi connectivity index (χ0) is 14.2. The maximum atomic E-state index is 6.83. The number of halogens is 1. The third-order valence-corrected chi connectivity index (χ3v) is 5.21. The number of benzene rings is 2. The van der Waals surface area contributed by atoms with Crippen LogP contribution >= 0.6 is 11.6 Å². The molecular formula is C19H21Cl. The molecule has 0 radical (unpaired) electrons. The van der Waals surface area contributed by atoms with Crippen LogP contribution in [0.15, 0.2) is 48.5 Å². The zero-order valence-corrected chi connectivity index (χ0v) is 13.0. The summed E-state index contributed by atoms with van der Waals surface area (Å²) in [4.78, 5) is 0. The van der Waals surface area contributed by atoms with Gasteiger partial charge in [0.25, 0.3) is 0 Å². The van der Waals surface area contributed by atoms with Gasteiger partial charge in [-0.05, 0) is 49.8 Å². The van der Waals surface area contributed by atoms with E-state index in [2.05, 4.69) is 62.4 Å². The average Bonchev–Trinajstić information content (AvgIpc) is 3.25. The molecule has 0 aliphatic heterocycles. The summed E-state index contributed by atoms with van der Waals surface area (Å²) >= 11 is 6.83. The summed E-state index contributed by atoms with van der Waals surface area (Å²) < 4.78 is 0. The Morgan fingerprint density at radius 3 is 2.40 bits per heavy atom. The van der Waals surface area contributed by atoms with E-state index >= 15 is 0 Å². The molecule has 1 heteroatoms. The van der Waals surface area contributed by atoms with Crippen molar-refractivity contribution in [3.63, 3.8) is 0 Å². The average molecular weight is 285 g/mol. The van der Waals surface area contributed by atoms with Crippen LogP contribution in [-0.2, 0) is 11.8 Å². The van der Waals surface area contributed by atoms with Gasteiger partial charge in [-0.2, -0.15) is 0 Å². The Morgan fingerprint density at radius 1 is 1.05 bits per heavy atom. The molecule has 0 saturated heterocycles. The van der Waals surface area contributed by atoms with Crippen molar-refractivity contribution in [2.45, 2.75) is 43.9 Å². The maximum absolute atomic E-state index is 6.83. The van der Waals surface area contributed by atoms with Crippen molar-refractivity contribution in [2.75, 3.05) is 0 Å². The van der Waals surface area contributed by atoms with Crippen molar-refractivity contribution in [2.24, 2.45) is 0 Å². The number of alkyl halides is 1. The van der Waals surface area contributed by atoms with Crippen molar-refractivity contribution in [3.8, 4) is 0 Å². The van der Waals surface area contributed by atoms with E-state index in [9.17, 15) is 0 Å². The molecule has 1 saturated carbocycles. The molecule has 104 valence electrons. The van der Waals surface area contributed by atoms with Crippen molar-refractivity contribution < 1.29 is 0 Å². The van der Waals surface area contributed by atoms with Crippen LogP contribution in [0.4, 0.5) is 0 Å².